The van der Waals surface area contributed by atoms with Crippen molar-refractivity contribution in [1.82, 2.24) is 0 Å². The zero-order chi connectivity index (χ0) is 11.8. The van der Waals surface area contributed by atoms with E-state index < -0.39 is 6.04 Å². The van der Waals surface area contributed by atoms with Gasteiger partial charge in [0.25, 0.3) is 0 Å². The van der Waals surface area contributed by atoms with Crippen LogP contribution in [0.1, 0.15) is 13.3 Å². The van der Waals surface area contributed by atoms with Crippen molar-refractivity contribution in [3.63, 3.8) is 0 Å². The standard InChI is InChI=1S/C12H14N2O2/c1-2-16-12(15)8-11(9-13)14-10-6-4-3-5-7-10/h3-7,11,14H,2,8H2,1H3. The number of hydrogen-bond acceptors (Lipinski definition) is 4. The van der Waals surface area contributed by atoms with Crippen molar-refractivity contribution in [2.24, 2.45) is 0 Å². The second-order valence-corrected chi connectivity index (χ2v) is 3.20. The average Bonchev–Trinajstić information content (AvgIpc) is 2.30. The minimum atomic E-state index is -0.554. The molecule has 84 valence electrons. The Bertz CT molecular complexity index is 370. The van der Waals surface area contributed by atoms with Crippen LogP contribution < -0.4 is 5.32 Å². The number of hydrogen-bond donors (Lipinski definition) is 1. The van der Waals surface area contributed by atoms with Gasteiger partial charge >= 0.3 is 5.97 Å². The SMILES string of the molecule is CCOC(=O)CC(C#N)Nc1ccccc1. The predicted octanol–water partition coefficient (Wildman–Crippen LogP) is 1.94. The Morgan fingerprint density at radius 2 is 2.19 bits per heavy atom. The highest BCUT2D eigenvalue weighted by Crippen LogP contribution is 2.08. The van der Waals surface area contributed by atoms with E-state index in [0.717, 1.165) is 5.69 Å². The Kier molecular flexibility index (Phi) is 4.87. The summed E-state index contributed by atoms with van der Waals surface area (Å²) >= 11 is 0. The van der Waals surface area contributed by atoms with Crippen LogP contribution in [0.5, 0.6) is 0 Å². The number of para-hydroxylation sites is 1. The number of carbonyl (C=O) groups excluding carboxylic acids is 1. The first kappa shape index (κ1) is 12.1. The van der Waals surface area contributed by atoms with E-state index in [4.69, 9.17) is 10.00 Å². The summed E-state index contributed by atoms with van der Waals surface area (Å²) in [5, 5.41) is 11.8. The molecule has 1 aromatic carbocycles. The van der Waals surface area contributed by atoms with Gasteiger partial charge in [-0.15, -0.1) is 0 Å². The lowest BCUT2D eigenvalue weighted by atomic mass is 10.2. The molecule has 0 radical (unpaired) electrons. The molecular weight excluding hydrogens is 204 g/mol. The first-order valence-corrected chi connectivity index (χ1v) is 5.13. The zero-order valence-corrected chi connectivity index (χ0v) is 9.14. The van der Waals surface area contributed by atoms with E-state index in [-0.39, 0.29) is 12.4 Å². The molecule has 1 rings (SSSR count). The molecule has 0 spiro atoms. The van der Waals surface area contributed by atoms with Gasteiger partial charge in [-0.2, -0.15) is 5.26 Å². The first-order valence-electron chi connectivity index (χ1n) is 5.13. The van der Waals surface area contributed by atoms with Gasteiger partial charge in [0.15, 0.2) is 0 Å². The van der Waals surface area contributed by atoms with Crippen LogP contribution in [0.3, 0.4) is 0 Å². The molecule has 16 heavy (non-hydrogen) atoms. The molecule has 0 amide bonds. The Labute approximate surface area is 94.8 Å². The molecule has 0 saturated carbocycles. The summed E-state index contributed by atoms with van der Waals surface area (Å²) in [6.45, 7) is 2.08. The minimum Gasteiger partial charge on any atom is -0.466 e. The maximum Gasteiger partial charge on any atom is 0.308 e. The highest BCUT2D eigenvalue weighted by molar-refractivity contribution is 5.71. The predicted molar refractivity (Wildman–Crippen MR) is 60.7 cm³/mol. The fourth-order valence-corrected chi connectivity index (χ4v) is 1.25. The number of benzene rings is 1. The number of nitrogens with zero attached hydrogens (tertiary/aromatic N) is 1. The minimum absolute atomic E-state index is 0.0548. The van der Waals surface area contributed by atoms with Crippen LogP contribution in [0.4, 0.5) is 5.69 Å². The van der Waals surface area contributed by atoms with E-state index in [9.17, 15) is 4.79 Å². The molecule has 0 saturated heterocycles. The molecule has 4 nitrogen and oxygen atoms in total. The van der Waals surface area contributed by atoms with Gasteiger partial charge in [-0.1, -0.05) is 18.2 Å². The lowest BCUT2D eigenvalue weighted by Crippen LogP contribution is -2.22. The van der Waals surface area contributed by atoms with Gasteiger partial charge in [-0.3, -0.25) is 4.79 Å². The van der Waals surface area contributed by atoms with Gasteiger partial charge in [0, 0.05) is 5.69 Å². The summed E-state index contributed by atoms with van der Waals surface area (Å²) < 4.78 is 4.78. The van der Waals surface area contributed by atoms with E-state index >= 15 is 0 Å². The summed E-state index contributed by atoms with van der Waals surface area (Å²) in [5.74, 6) is -0.363. The molecule has 4 heteroatoms. The second-order valence-electron chi connectivity index (χ2n) is 3.20. The number of anilines is 1. The average molecular weight is 218 g/mol. The lowest BCUT2D eigenvalue weighted by molar-refractivity contribution is -0.143. The lowest BCUT2D eigenvalue weighted by Gasteiger charge is -2.11. The van der Waals surface area contributed by atoms with Crippen LogP contribution in [0.25, 0.3) is 0 Å². The van der Waals surface area contributed by atoms with Gasteiger partial charge in [0.05, 0.1) is 19.1 Å². The number of nitriles is 1. The van der Waals surface area contributed by atoms with Crippen molar-refractivity contribution in [2.75, 3.05) is 11.9 Å². The zero-order valence-electron chi connectivity index (χ0n) is 9.14. The molecule has 0 bridgehead atoms. The maximum atomic E-state index is 11.2. The van der Waals surface area contributed by atoms with E-state index in [0.29, 0.717) is 6.61 Å². The van der Waals surface area contributed by atoms with E-state index in [2.05, 4.69) is 5.32 Å². The highest BCUT2D eigenvalue weighted by Gasteiger charge is 2.13. The van der Waals surface area contributed by atoms with Gasteiger partial charge in [-0.05, 0) is 19.1 Å². The largest absolute Gasteiger partial charge is 0.466 e. The first-order chi connectivity index (χ1) is 7.76. The smallest absolute Gasteiger partial charge is 0.308 e. The summed E-state index contributed by atoms with van der Waals surface area (Å²) in [6, 6.07) is 10.8. The third-order valence-corrected chi connectivity index (χ3v) is 1.95. The number of esters is 1. The van der Waals surface area contributed by atoms with E-state index in [1.165, 1.54) is 0 Å². The molecule has 1 N–H and O–H groups in total. The number of nitrogens with one attached hydrogen (secondary N) is 1. The fraction of sp³-hybridized carbons (Fsp3) is 0.333. The summed E-state index contributed by atoms with van der Waals surface area (Å²) in [7, 11) is 0. The summed E-state index contributed by atoms with van der Waals surface area (Å²) in [5.41, 5.74) is 0.818. The van der Waals surface area contributed by atoms with Crippen LogP contribution in [-0.4, -0.2) is 18.6 Å². The third kappa shape index (κ3) is 4.01. The van der Waals surface area contributed by atoms with Crippen molar-refractivity contribution in [3.8, 4) is 6.07 Å². The van der Waals surface area contributed by atoms with Crippen molar-refractivity contribution in [3.05, 3.63) is 30.3 Å². The van der Waals surface area contributed by atoms with Crippen molar-refractivity contribution < 1.29 is 9.53 Å². The molecule has 1 unspecified atom stereocenters. The quantitative estimate of drug-likeness (QED) is 0.767. The Balaban J connectivity index is 2.51. The molecule has 0 aliphatic heterocycles. The number of rotatable bonds is 5. The monoisotopic (exact) mass is 218 g/mol. The van der Waals surface area contributed by atoms with Gasteiger partial charge < -0.3 is 10.1 Å². The molecule has 0 fully saturated rings. The molecule has 0 aliphatic carbocycles. The van der Waals surface area contributed by atoms with Gasteiger partial charge in [-0.25, -0.2) is 0 Å². The van der Waals surface area contributed by atoms with Crippen molar-refractivity contribution in [2.45, 2.75) is 19.4 Å². The Morgan fingerprint density at radius 3 is 2.75 bits per heavy atom. The number of carbonyl (C=O) groups is 1. The van der Waals surface area contributed by atoms with E-state index in [1.54, 1.807) is 6.92 Å². The molecule has 0 aliphatic rings. The van der Waals surface area contributed by atoms with Crippen LogP contribution >= 0.6 is 0 Å². The molecular formula is C12H14N2O2. The Hall–Kier alpha value is -2.02. The van der Waals surface area contributed by atoms with Gasteiger partial charge in [0.1, 0.15) is 6.04 Å². The van der Waals surface area contributed by atoms with Crippen LogP contribution in [0.15, 0.2) is 30.3 Å². The molecule has 0 aromatic heterocycles. The molecule has 1 atom stereocenters. The van der Waals surface area contributed by atoms with Crippen LogP contribution in [0.2, 0.25) is 0 Å². The fourth-order valence-electron chi connectivity index (χ4n) is 1.25. The van der Waals surface area contributed by atoms with Crippen LogP contribution in [0, 0.1) is 11.3 Å². The van der Waals surface area contributed by atoms with E-state index in [1.807, 2.05) is 36.4 Å². The molecule has 1 aromatic rings. The number of ether oxygens (including phenoxy) is 1. The van der Waals surface area contributed by atoms with Crippen LogP contribution in [-0.2, 0) is 9.53 Å². The Morgan fingerprint density at radius 1 is 1.50 bits per heavy atom. The summed E-state index contributed by atoms with van der Waals surface area (Å²) in [6.07, 6.45) is 0.0548. The molecule has 0 heterocycles. The van der Waals surface area contributed by atoms with Crippen molar-refractivity contribution >= 4 is 11.7 Å². The third-order valence-electron chi connectivity index (χ3n) is 1.95. The topological polar surface area (TPSA) is 62.1 Å². The summed E-state index contributed by atoms with van der Waals surface area (Å²) in [4.78, 5) is 11.2. The second kappa shape index (κ2) is 6.46. The van der Waals surface area contributed by atoms with Gasteiger partial charge in [0.2, 0.25) is 0 Å². The normalized spacial score (nSPS) is 11.2. The maximum absolute atomic E-state index is 11.2. The highest BCUT2D eigenvalue weighted by atomic mass is 16.5. The van der Waals surface area contributed by atoms with Crippen molar-refractivity contribution in [1.29, 1.82) is 5.26 Å².